The molecule has 0 saturated heterocycles. The first-order valence-corrected chi connectivity index (χ1v) is 8.97. The van der Waals surface area contributed by atoms with Crippen molar-refractivity contribution in [3.8, 4) is 5.69 Å². The Morgan fingerprint density at radius 1 is 1.03 bits per heavy atom. The largest absolute Gasteiger partial charge is 0.460 e. The number of fused-ring (bicyclic) bond motifs is 1. The van der Waals surface area contributed by atoms with Crippen molar-refractivity contribution in [2.75, 3.05) is 6.61 Å². The number of carbonyl (C=O) groups excluding carboxylic acids is 2. The Bertz CT molecular complexity index is 1150. The molecule has 0 aliphatic carbocycles. The average molecular weight is 391 g/mol. The van der Waals surface area contributed by atoms with Crippen LogP contribution in [0.15, 0.2) is 65.6 Å². The molecular weight excluding hydrogens is 374 g/mol. The van der Waals surface area contributed by atoms with Crippen molar-refractivity contribution < 1.29 is 23.5 Å². The number of para-hydroxylation sites is 1. The molecule has 0 aliphatic heterocycles. The molecule has 0 spiro atoms. The van der Waals surface area contributed by atoms with Crippen molar-refractivity contribution in [1.29, 1.82) is 0 Å². The highest BCUT2D eigenvalue weighted by molar-refractivity contribution is 5.96. The number of hydrogen-bond acceptors (Lipinski definition) is 7. The minimum atomic E-state index is -0.591. The van der Waals surface area contributed by atoms with Crippen LogP contribution in [0.2, 0.25) is 0 Å². The normalized spacial score (nSPS) is 10.8. The predicted molar refractivity (Wildman–Crippen MR) is 103 cm³/mol. The fourth-order valence-corrected chi connectivity index (χ4v) is 2.92. The van der Waals surface area contributed by atoms with E-state index in [0.29, 0.717) is 22.1 Å². The number of aromatic nitrogens is 3. The van der Waals surface area contributed by atoms with Gasteiger partial charge in [-0.1, -0.05) is 18.2 Å². The lowest BCUT2D eigenvalue weighted by Crippen LogP contribution is -2.10. The van der Waals surface area contributed by atoms with Crippen molar-refractivity contribution in [2.24, 2.45) is 0 Å². The zero-order valence-electron chi connectivity index (χ0n) is 15.6. The van der Waals surface area contributed by atoms with Gasteiger partial charge in [0.1, 0.15) is 24.8 Å². The van der Waals surface area contributed by atoms with Crippen LogP contribution in [0.5, 0.6) is 0 Å². The molecule has 4 aromatic rings. The van der Waals surface area contributed by atoms with Crippen LogP contribution in [-0.4, -0.2) is 33.3 Å². The summed E-state index contributed by atoms with van der Waals surface area (Å²) >= 11 is 0. The SMILES string of the molecule is CCOC(=O)c1oc2ccccc2c1COC(=O)c1ccc(-n2cncn2)cc1. The van der Waals surface area contributed by atoms with E-state index in [4.69, 9.17) is 13.9 Å². The quantitative estimate of drug-likeness (QED) is 0.464. The van der Waals surface area contributed by atoms with E-state index in [1.165, 1.54) is 6.33 Å². The number of nitrogens with zero attached hydrogens (tertiary/aromatic N) is 3. The van der Waals surface area contributed by atoms with Crippen molar-refractivity contribution in [3.63, 3.8) is 0 Å². The van der Waals surface area contributed by atoms with Crippen LogP contribution < -0.4 is 0 Å². The number of ether oxygens (including phenoxy) is 2. The van der Waals surface area contributed by atoms with E-state index in [1.807, 2.05) is 6.07 Å². The van der Waals surface area contributed by atoms with Gasteiger partial charge in [-0.2, -0.15) is 5.10 Å². The lowest BCUT2D eigenvalue weighted by atomic mass is 10.1. The second-order valence-electron chi connectivity index (χ2n) is 6.09. The summed E-state index contributed by atoms with van der Waals surface area (Å²) in [7, 11) is 0. The van der Waals surface area contributed by atoms with Gasteiger partial charge in [0.2, 0.25) is 5.76 Å². The van der Waals surface area contributed by atoms with E-state index in [9.17, 15) is 9.59 Å². The topological polar surface area (TPSA) is 96.5 Å². The van der Waals surface area contributed by atoms with Crippen molar-refractivity contribution in [1.82, 2.24) is 14.8 Å². The van der Waals surface area contributed by atoms with Gasteiger partial charge in [-0.3, -0.25) is 0 Å². The summed E-state index contributed by atoms with van der Waals surface area (Å²) in [5.74, 6) is -1.07. The zero-order valence-corrected chi connectivity index (χ0v) is 15.6. The molecule has 0 amide bonds. The van der Waals surface area contributed by atoms with Crippen LogP contribution >= 0.6 is 0 Å². The van der Waals surface area contributed by atoms with Crippen LogP contribution in [0.25, 0.3) is 16.7 Å². The number of esters is 2. The van der Waals surface area contributed by atoms with Gasteiger partial charge in [-0.05, 0) is 37.3 Å². The maximum absolute atomic E-state index is 12.5. The molecule has 2 aromatic carbocycles. The number of hydrogen-bond donors (Lipinski definition) is 0. The Balaban J connectivity index is 1.54. The summed E-state index contributed by atoms with van der Waals surface area (Å²) in [5, 5.41) is 4.74. The van der Waals surface area contributed by atoms with Gasteiger partial charge in [0.15, 0.2) is 0 Å². The van der Waals surface area contributed by atoms with Gasteiger partial charge >= 0.3 is 11.9 Å². The fraction of sp³-hybridized carbons (Fsp3) is 0.143. The summed E-state index contributed by atoms with van der Waals surface area (Å²) in [6.07, 6.45) is 2.99. The van der Waals surface area contributed by atoms with Crippen LogP contribution in [-0.2, 0) is 16.1 Å². The summed E-state index contributed by atoms with van der Waals surface area (Å²) < 4.78 is 17.7. The number of carbonyl (C=O) groups is 2. The first kappa shape index (κ1) is 18.4. The third-order valence-corrected chi connectivity index (χ3v) is 4.29. The molecule has 2 aromatic heterocycles. The molecule has 0 unspecified atom stereocenters. The Labute approximate surface area is 165 Å². The molecule has 8 nitrogen and oxygen atoms in total. The summed E-state index contributed by atoms with van der Waals surface area (Å²) in [5.41, 5.74) is 2.15. The molecular formula is C21H17N3O5. The van der Waals surface area contributed by atoms with Crippen LogP contribution in [0, 0.1) is 0 Å². The number of benzene rings is 2. The lowest BCUT2D eigenvalue weighted by molar-refractivity contribution is 0.0435. The first-order valence-electron chi connectivity index (χ1n) is 8.97. The molecule has 0 bridgehead atoms. The van der Waals surface area contributed by atoms with Crippen molar-refractivity contribution in [3.05, 3.63) is 78.1 Å². The third kappa shape index (κ3) is 3.73. The molecule has 0 atom stereocenters. The molecule has 146 valence electrons. The predicted octanol–water partition coefficient (Wildman–Crippen LogP) is 3.55. The maximum Gasteiger partial charge on any atom is 0.374 e. The highest BCUT2D eigenvalue weighted by Gasteiger charge is 2.23. The van der Waals surface area contributed by atoms with Gasteiger partial charge in [-0.15, -0.1) is 0 Å². The van der Waals surface area contributed by atoms with E-state index >= 15 is 0 Å². The van der Waals surface area contributed by atoms with Gasteiger partial charge < -0.3 is 13.9 Å². The van der Waals surface area contributed by atoms with Crippen molar-refractivity contribution in [2.45, 2.75) is 13.5 Å². The molecule has 4 rings (SSSR count). The van der Waals surface area contributed by atoms with E-state index in [2.05, 4.69) is 10.1 Å². The number of furan rings is 1. The van der Waals surface area contributed by atoms with Crippen LogP contribution in [0.1, 0.15) is 33.4 Å². The first-order chi connectivity index (χ1) is 14.2. The maximum atomic E-state index is 12.5. The minimum absolute atomic E-state index is 0.0439. The van der Waals surface area contributed by atoms with Crippen LogP contribution in [0.4, 0.5) is 0 Å². The second-order valence-corrected chi connectivity index (χ2v) is 6.09. The molecule has 0 radical (unpaired) electrons. The molecule has 8 heteroatoms. The Morgan fingerprint density at radius 2 is 1.83 bits per heavy atom. The smallest absolute Gasteiger partial charge is 0.374 e. The van der Waals surface area contributed by atoms with E-state index in [-0.39, 0.29) is 19.0 Å². The van der Waals surface area contributed by atoms with Crippen molar-refractivity contribution >= 4 is 22.9 Å². The monoisotopic (exact) mass is 391 g/mol. The highest BCUT2D eigenvalue weighted by Crippen LogP contribution is 2.27. The van der Waals surface area contributed by atoms with E-state index in [0.717, 1.165) is 5.69 Å². The van der Waals surface area contributed by atoms with Gasteiger partial charge in [0.25, 0.3) is 0 Å². The summed E-state index contributed by atoms with van der Waals surface area (Å²) in [4.78, 5) is 28.6. The van der Waals surface area contributed by atoms with Gasteiger partial charge in [0.05, 0.1) is 23.4 Å². The zero-order chi connectivity index (χ0) is 20.2. The highest BCUT2D eigenvalue weighted by atomic mass is 16.5. The standard InChI is InChI=1S/C21H17N3O5/c1-2-27-21(26)19-17(16-5-3-4-6-18(16)29-19)11-28-20(25)14-7-9-15(10-8-14)24-13-22-12-23-24/h3-10,12-13H,2,11H2,1H3. The molecule has 0 aliphatic rings. The molecule has 2 heterocycles. The summed E-state index contributed by atoms with van der Waals surface area (Å²) in [6, 6.07) is 13.9. The molecule has 0 fully saturated rings. The molecule has 29 heavy (non-hydrogen) atoms. The minimum Gasteiger partial charge on any atom is -0.460 e. The second kappa shape index (κ2) is 7.97. The van der Waals surface area contributed by atoms with Gasteiger partial charge in [0, 0.05) is 5.39 Å². The lowest BCUT2D eigenvalue weighted by Gasteiger charge is -2.07. The molecule has 0 saturated carbocycles. The summed E-state index contributed by atoms with van der Waals surface area (Å²) in [6.45, 7) is 1.81. The Kier molecular flexibility index (Phi) is 5.07. The van der Waals surface area contributed by atoms with Crippen LogP contribution in [0.3, 0.4) is 0 Å². The third-order valence-electron chi connectivity index (χ3n) is 4.29. The Morgan fingerprint density at radius 3 is 2.55 bits per heavy atom. The Hall–Kier alpha value is -3.94. The van der Waals surface area contributed by atoms with Gasteiger partial charge in [-0.25, -0.2) is 19.3 Å². The van der Waals surface area contributed by atoms with E-state index < -0.39 is 11.9 Å². The average Bonchev–Trinajstić information content (AvgIpc) is 3.40. The fourth-order valence-electron chi connectivity index (χ4n) is 2.92. The molecule has 0 N–H and O–H groups in total. The van der Waals surface area contributed by atoms with E-state index in [1.54, 1.807) is 60.4 Å². The number of rotatable bonds is 6.